The van der Waals surface area contributed by atoms with E-state index in [9.17, 15) is 4.79 Å². The second kappa shape index (κ2) is 5.66. The summed E-state index contributed by atoms with van der Waals surface area (Å²) in [5.41, 5.74) is 0. The van der Waals surface area contributed by atoms with E-state index in [2.05, 4.69) is 14.9 Å². The monoisotopic (exact) mass is 215 g/mol. The van der Waals surface area contributed by atoms with Crippen LogP contribution in [0.3, 0.4) is 0 Å². The highest BCUT2D eigenvalue weighted by atomic mass is 32.1. The Morgan fingerprint density at radius 2 is 2.57 bits per heavy atom. The number of hydrogen-bond acceptors (Lipinski definition) is 5. The average Bonchev–Trinajstić information content (AvgIpc) is 2.66. The lowest BCUT2D eigenvalue weighted by atomic mass is 10.3. The summed E-state index contributed by atoms with van der Waals surface area (Å²) < 4.78 is 8.88. The van der Waals surface area contributed by atoms with Gasteiger partial charge in [-0.25, -0.2) is 0 Å². The van der Waals surface area contributed by atoms with Gasteiger partial charge in [0.25, 0.3) is 5.91 Å². The van der Waals surface area contributed by atoms with E-state index in [0.717, 1.165) is 18.0 Å². The molecule has 0 aliphatic carbocycles. The number of rotatable bonds is 5. The van der Waals surface area contributed by atoms with Crippen molar-refractivity contribution in [3.8, 4) is 0 Å². The van der Waals surface area contributed by atoms with Gasteiger partial charge in [-0.15, -0.1) is 5.10 Å². The maximum Gasteiger partial charge on any atom is 0.251 e. The third kappa shape index (κ3) is 3.80. The molecular weight excluding hydrogens is 202 g/mol. The minimum absolute atomic E-state index is 0.0763. The van der Waals surface area contributed by atoms with Gasteiger partial charge < -0.3 is 10.1 Å². The molecule has 1 rings (SSSR count). The van der Waals surface area contributed by atoms with Gasteiger partial charge in [-0.05, 0) is 13.3 Å². The first kappa shape index (κ1) is 11.1. The predicted octanol–water partition coefficient (Wildman–Crippen LogP) is 1.29. The zero-order chi connectivity index (χ0) is 10.4. The van der Waals surface area contributed by atoms with E-state index in [0.29, 0.717) is 5.00 Å². The van der Waals surface area contributed by atoms with E-state index < -0.39 is 0 Å². The number of hydrogen-bond donors (Lipinski definition) is 1. The number of ether oxygens (including phenoxy) is 1. The molecule has 1 unspecified atom stereocenters. The Balaban J connectivity index is 2.23. The highest BCUT2D eigenvalue weighted by Crippen LogP contribution is 2.08. The molecule has 1 N–H and O–H groups in total. The molecule has 78 valence electrons. The third-order valence-corrected chi connectivity index (χ3v) is 2.28. The summed E-state index contributed by atoms with van der Waals surface area (Å²) in [4.78, 5) is 11.2. The second-order valence-electron chi connectivity index (χ2n) is 2.86. The largest absolute Gasteiger partial charge is 0.369 e. The summed E-state index contributed by atoms with van der Waals surface area (Å²) in [5.74, 6) is -0.170. The predicted molar refractivity (Wildman–Crippen MR) is 54.2 cm³/mol. The van der Waals surface area contributed by atoms with Crippen LogP contribution in [0.2, 0.25) is 0 Å². The quantitative estimate of drug-likeness (QED) is 0.804. The molecule has 0 spiro atoms. The van der Waals surface area contributed by atoms with Crippen molar-refractivity contribution in [1.82, 2.24) is 9.59 Å². The van der Waals surface area contributed by atoms with Gasteiger partial charge >= 0.3 is 0 Å². The summed E-state index contributed by atoms with van der Waals surface area (Å²) in [7, 11) is 0. The molecule has 0 saturated heterocycles. The number of carbonyl (C=O) groups is 1. The Kier molecular flexibility index (Phi) is 4.48. The fourth-order valence-electron chi connectivity index (χ4n) is 0.732. The van der Waals surface area contributed by atoms with E-state index in [-0.39, 0.29) is 18.6 Å². The van der Waals surface area contributed by atoms with Crippen LogP contribution in [0.1, 0.15) is 20.3 Å². The van der Waals surface area contributed by atoms with Gasteiger partial charge in [-0.1, -0.05) is 11.4 Å². The molecule has 1 aromatic rings. The molecule has 0 fully saturated rings. The molecule has 0 radical (unpaired) electrons. The van der Waals surface area contributed by atoms with Crippen LogP contribution in [0.25, 0.3) is 0 Å². The summed E-state index contributed by atoms with van der Waals surface area (Å²) in [5, 5.41) is 6.87. The van der Waals surface area contributed by atoms with Crippen LogP contribution in [0.15, 0.2) is 6.20 Å². The first-order chi connectivity index (χ1) is 6.72. The first-order valence-electron chi connectivity index (χ1n) is 4.41. The van der Waals surface area contributed by atoms with Crippen LogP contribution in [0, 0.1) is 0 Å². The summed E-state index contributed by atoms with van der Waals surface area (Å²) in [6.07, 6.45) is 2.52. The van der Waals surface area contributed by atoms with Crippen LogP contribution in [-0.2, 0) is 9.53 Å². The molecule has 0 aliphatic heterocycles. The second-order valence-corrected chi connectivity index (χ2v) is 3.65. The number of nitrogens with one attached hydrogen (secondary N) is 1. The van der Waals surface area contributed by atoms with Gasteiger partial charge in [0.15, 0.2) is 0 Å². The number of carbonyl (C=O) groups excluding carboxylic acids is 1. The number of nitrogens with zero attached hydrogens (tertiary/aromatic N) is 2. The minimum Gasteiger partial charge on any atom is -0.369 e. The summed E-state index contributed by atoms with van der Waals surface area (Å²) in [6.45, 7) is 4.02. The number of anilines is 1. The Morgan fingerprint density at radius 3 is 3.14 bits per heavy atom. The fourth-order valence-corrected chi connectivity index (χ4v) is 1.17. The van der Waals surface area contributed by atoms with Crippen molar-refractivity contribution in [3.63, 3.8) is 0 Å². The molecule has 1 heterocycles. The summed E-state index contributed by atoms with van der Waals surface area (Å²) in [6, 6.07) is 0. The molecule has 6 heteroatoms. The van der Waals surface area contributed by atoms with E-state index in [4.69, 9.17) is 4.74 Å². The molecule has 1 atom stereocenters. The molecule has 5 nitrogen and oxygen atoms in total. The maximum atomic E-state index is 11.2. The van der Waals surface area contributed by atoms with Crippen LogP contribution in [-0.4, -0.2) is 28.2 Å². The average molecular weight is 215 g/mol. The Morgan fingerprint density at radius 1 is 1.79 bits per heavy atom. The SMILES string of the molecule is CCC(C)OCC(=O)Nc1cnns1. The van der Waals surface area contributed by atoms with Gasteiger partial charge in [0.2, 0.25) is 0 Å². The van der Waals surface area contributed by atoms with Crippen molar-refractivity contribution in [3.05, 3.63) is 6.20 Å². The number of amides is 1. The molecule has 0 aliphatic rings. The summed E-state index contributed by atoms with van der Waals surface area (Å²) >= 11 is 1.14. The lowest BCUT2D eigenvalue weighted by Gasteiger charge is -2.09. The van der Waals surface area contributed by atoms with Crippen LogP contribution in [0.4, 0.5) is 5.00 Å². The van der Waals surface area contributed by atoms with E-state index >= 15 is 0 Å². The smallest absolute Gasteiger partial charge is 0.251 e. The van der Waals surface area contributed by atoms with Gasteiger partial charge in [0.05, 0.1) is 12.3 Å². The molecule has 1 aromatic heterocycles. The fraction of sp³-hybridized carbons (Fsp3) is 0.625. The molecule has 0 saturated carbocycles. The van der Waals surface area contributed by atoms with Crippen LogP contribution in [0.5, 0.6) is 0 Å². The lowest BCUT2D eigenvalue weighted by molar-refractivity contribution is -0.122. The molecule has 0 aromatic carbocycles. The molecule has 1 amide bonds. The Bertz CT molecular complexity index is 276. The van der Waals surface area contributed by atoms with Crippen molar-refractivity contribution in [2.75, 3.05) is 11.9 Å². The van der Waals surface area contributed by atoms with Crippen molar-refractivity contribution < 1.29 is 9.53 Å². The van der Waals surface area contributed by atoms with Crippen LogP contribution < -0.4 is 5.32 Å². The zero-order valence-corrected chi connectivity index (χ0v) is 9.00. The van der Waals surface area contributed by atoms with Crippen molar-refractivity contribution >= 4 is 22.4 Å². The van der Waals surface area contributed by atoms with Crippen molar-refractivity contribution in [1.29, 1.82) is 0 Å². The third-order valence-electron chi connectivity index (χ3n) is 1.70. The van der Waals surface area contributed by atoms with E-state index in [1.807, 2.05) is 13.8 Å². The normalized spacial score (nSPS) is 12.4. The van der Waals surface area contributed by atoms with Crippen LogP contribution >= 0.6 is 11.5 Å². The molecule has 0 bridgehead atoms. The highest BCUT2D eigenvalue weighted by molar-refractivity contribution is 7.10. The van der Waals surface area contributed by atoms with Gasteiger partial charge in [0, 0.05) is 11.5 Å². The highest BCUT2D eigenvalue weighted by Gasteiger charge is 2.06. The van der Waals surface area contributed by atoms with E-state index in [1.54, 1.807) is 0 Å². The van der Waals surface area contributed by atoms with E-state index in [1.165, 1.54) is 6.20 Å². The zero-order valence-electron chi connectivity index (χ0n) is 8.19. The molecular formula is C8H13N3O2S. The maximum absolute atomic E-state index is 11.2. The first-order valence-corrected chi connectivity index (χ1v) is 5.18. The van der Waals surface area contributed by atoms with Crippen molar-refractivity contribution in [2.24, 2.45) is 0 Å². The number of aromatic nitrogens is 2. The lowest BCUT2D eigenvalue weighted by Crippen LogP contribution is -2.21. The van der Waals surface area contributed by atoms with Gasteiger partial charge in [-0.3, -0.25) is 4.79 Å². The van der Waals surface area contributed by atoms with Crippen molar-refractivity contribution in [2.45, 2.75) is 26.4 Å². The Hall–Kier alpha value is -1.01. The van der Waals surface area contributed by atoms with Gasteiger partial charge in [-0.2, -0.15) is 0 Å². The van der Waals surface area contributed by atoms with Gasteiger partial charge in [0.1, 0.15) is 11.6 Å². The standard InChI is InChI=1S/C8H13N3O2S/c1-3-6(2)13-5-7(12)10-8-4-9-11-14-8/h4,6H,3,5H2,1-2H3,(H,10,12). The Labute approximate surface area is 86.6 Å². The molecule has 14 heavy (non-hydrogen) atoms. The topological polar surface area (TPSA) is 64.1 Å². The minimum atomic E-state index is -0.170.